The molecule has 0 saturated carbocycles. The predicted molar refractivity (Wildman–Crippen MR) is 32.4 cm³/mol. The summed E-state index contributed by atoms with van der Waals surface area (Å²) in [5.41, 5.74) is 0. The molecule has 0 fully saturated rings. The summed E-state index contributed by atoms with van der Waals surface area (Å²) in [5.74, 6) is 0. The first-order chi connectivity index (χ1) is 2.00. The Labute approximate surface area is 60.6 Å². The summed E-state index contributed by atoms with van der Waals surface area (Å²) < 4.78 is 31.1. The molecule has 0 aliphatic rings. The minimum absolute atomic E-state index is 0. The SMILES string of the molecule is Br.Br.CC(F)(F)F. The lowest BCUT2D eigenvalue weighted by Crippen LogP contribution is -1.95. The van der Waals surface area contributed by atoms with Crippen LogP contribution in [-0.2, 0) is 0 Å². The van der Waals surface area contributed by atoms with Crippen LogP contribution >= 0.6 is 34.0 Å². The van der Waals surface area contributed by atoms with Gasteiger partial charge in [0.15, 0.2) is 0 Å². The van der Waals surface area contributed by atoms with E-state index in [0.717, 1.165) is 0 Å². The fourth-order valence-electron chi connectivity index (χ4n) is 0. The van der Waals surface area contributed by atoms with Crippen LogP contribution in [0.1, 0.15) is 6.92 Å². The lowest BCUT2D eigenvalue weighted by Gasteiger charge is -1.88. The van der Waals surface area contributed by atoms with E-state index >= 15 is 0 Å². The molecule has 0 aromatic heterocycles. The summed E-state index contributed by atoms with van der Waals surface area (Å²) in [6.45, 7) is 0.188. The third kappa shape index (κ3) is 271. The van der Waals surface area contributed by atoms with Crippen molar-refractivity contribution < 1.29 is 13.2 Å². The first-order valence-corrected chi connectivity index (χ1v) is 1.07. The molecule has 0 aromatic rings. The average molecular weight is 246 g/mol. The first kappa shape index (κ1) is 15.7. The fourth-order valence-corrected chi connectivity index (χ4v) is 0. The summed E-state index contributed by atoms with van der Waals surface area (Å²) >= 11 is 0. The van der Waals surface area contributed by atoms with Crippen LogP contribution < -0.4 is 0 Å². The van der Waals surface area contributed by atoms with Crippen molar-refractivity contribution in [3.63, 3.8) is 0 Å². The minimum atomic E-state index is -4.00. The van der Waals surface area contributed by atoms with Crippen LogP contribution in [0.5, 0.6) is 0 Å². The molecule has 7 heavy (non-hydrogen) atoms. The van der Waals surface area contributed by atoms with Crippen molar-refractivity contribution >= 4 is 34.0 Å². The van der Waals surface area contributed by atoms with E-state index in [1.807, 2.05) is 0 Å². The van der Waals surface area contributed by atoms with Gasteiger partial charge in [-0.1, -0.05) is 0 Å². The Hall–Kier alpha value is 0.750. The Morgan fingerprint density at radius 3 is 1.00 bits per heavy atom. The minimum Gasteiger partial charge on any atom is -0.172 e. The molecule has 0 heterocycles. The molecule has 0 amide bonds. The second-order valence-corrected chi connectivity index (χ2v) is 0.781. The average Bonchev–Trinajstić information content (AvgIpc) is 0.722. The molecule has 5 heteroatoms. The van der Waals surface area contributed by atoms with Gasteiger partial charge in [0.2, 0.25) is 0 Å². The normalized spacial score (nSPS) is 8.57. The van der Waals surface area contributed by atoms with Gasteiger partial charge in [-0.25, -0.2) is 0 Å². The number of rotatable bonds is 0. The second kappa shape index (κ2) is 4.90. The lowest BCUT2D eigenvalue weighted by molar-refractivity contribution is -0.110. The monoisotopic (exact) mass is 244 g/mol. The second-order valence-electron chi connectivity index (χ2n) is 0.781. The highest BCUT2D eigenvalue weighted by Crippen LogP contribution is 2.10. The standard InChI is InChI=1S/C2H3F3.2BrH/c1-2(3,4)5;;/h1H3;2*1H. The molecule has 0 aliphatic heterocycles. The fraction of sp³-hybridized carbons (Fsp3) is 1.00. The maximum Gasteiger partial charge on any atom is 0.386 e. The number of alkyl halides is 3. The highest BCUT2D eigenvalue weighted by molar-refractivity contribution is 8.93. The van der Waals surface area contributed by atoms with Gasteiger partial charge >= 0.3 is 6.18 Å². The van der Waals surface area contributed by atoms with E-state index in [1.165, 1.54) is 0 Å². The largest absolute Gasteiger partial charge is 0.386 e. The Morgan fingerprint density at radius 1 is 1.00 bits per heavy atom. The third-order valence-electron chi connectivity index (χ3n) is 0. The van der Waals surface area contributed by atoms with Crippen LogP contribution in [-0.4, -0.2) is 6.18 Å². The maximum absolute atomic E-state index is 10.4. The van der Waals surface area contributed by atoms with E-state index in [-0.39, 0.29) is 40.9 Å². The molecule has 0 rings (SSSR count). The zero-order valence-electron chi connectivity index (χ0n) is 3.45. The zero-order valence-corrected chi connectivity index (χ0v) is 6.88. The van der Waals surface area contributed by atoms with Crippen molar-refractivity contribution in [2.24, 2.45) is 0 Å². The van der Waals surface area contributed by atoms with E-state index in [9.17, 15) is 13.2 Å². The van der Waals surface area contributed by atoms with Gasteiger partial charge in [-0.2, -0.15) is 13.2 Å². The van der Waals surface area contributed by atoms with Gasteiger partial charge in [-0.05, 0) is 0 Å². The van der Waals surface area contributed by atoms with Crippen LogP contribution in [0.3, 0.4) is 0 Å². The Kier molecular flexibility index (Phi) is 11.0. The first-order valence-electron chi connectivity index (χ1n) is 1.07. The van der Waals surface area contributed by atoms with Gasteiger partial charge in [0, 0.05) is 6.92 Å². The molecule has 0 spiro atoms. The van der Waals surface area contributed by atoms with Gasteiger partial charge in [0.1, 0.15) is 0 Å². The summed E-state index contributed by atoms with van der Waals surface area (Å²) in [5, 5.41) is 0. The van der Waals surface area contributed by atoms with Crippen LogP contribution in [0.2, 0.25) is 0 Å². The molecule has 48 valence electrons. The van der Waals surface area contributed by atoms with E-state index in [2.05, 4.69) is 0 Å². The van der Waals surface area contributed by atoms with Crippen LogP contribution in [0.15, 0.2) is 0 Å². The van der Waals surface area contributed by atoms with E-state index < -0.39 is 6.18 Å². The Balaban J connectivity index is -0.0000000800. The van der Waals surface area contributed by atoms with Crippen LogP contribution in [0.25, 0.3) is 0 Å². The van der Waals surface area contributed by atoms with Gasteiger partial charge < -0.3 is 0 Å². The molecule has 0 saturated heterocycles. The van der Waals surface area contributed by atoms with Crippen molar-refractivity contribution in [2.75, 3.05) is 0 Å². The molecular formula is C2H5Br2F3. The molecule has 0 aliphatic carbocycles. The molecule has 0 radical (unpaired) electrons. The van der Waals surface area contributed by atoms with E-state index in [4.69, 9.17) is 0 Å². The Bertz CT molecular complexity index is 26.4. The van der Waals surface area contributed by atoms with Gasteiger partial charge in [0.05, 0.1) is 0 Å². The zero-order chi connectivity index (χ0) is 4.50. The number of hydrogen-bond donors (Lipinski definition) is 0. The molecule has 0 N–H and O–H groups in total. The summed E-state index contributed by atoms with van der Waals surface area (Å²) in [6.07, 6.45) is -4.00. The number of hydrogen-bond acceptors (Lipinski definition) is 0. The highest BCUT2D eigenvalue weighted by atomic mass is 79.9. The molecule has 0 atom stereocenters. The van der Waals surface area contributed by atoms with Crippen LogP contribution in [0.4, 0.5) is 13.2 Å². The summed E-state index contributed by atoms with van der Waals surface area (Å²) in [4.78, 5) is 0. The van der Waals surface area contributed by atoms with E-state index in [1.54, 1.807) is 0 Å². The molecule has 0 unspecified atom stereocenters. The van der Waals surface area contributed by atoms with Crippen LogP contribution in [0, 0.1) is 0 Å². The molecule has 0 bridgehead atoms. The van der Waals surface area contributed by atoms with Gasteiger partial charge in [-0.3, -0.25) is 0 Å². The van der Waals surface area contributed by atoms with Crippen molar-refractivity contribution in [3.05, 3.63) is 0 Å². The van der Waals surface area contributed by atoms with Crippen molar-refractivity contribution in [3.8, 4) is 0 Å². The highest BCUT2D eigenvalue weighted by Gasteiger charge is 2.15. The van der Waals surface area contributed by atoms with Crippen molar-refractivity contribution in [1.82, 2.24) is 0 Å². The lowest BCUT2D eigenvalue weighted by atomic mass is 10.8. The number of halogens is 5. The smallest absolute Gasteiger partial charge is 0.172 e. The molecule has 0 aromatic carbocycles. The Morgan fingerprint density at radius 2 is 1.00 bits per heavy atom. The van der Waals surface area contributed by atoms with Crippen molar-refractivity contribution in [2.45, 2.75) is 13.1 Å². The topological polar surface area (TPSA) is 0 Å². The predicted octanol–water partition coefficient (Wildman–Crippen LogP) is 2.72. The van der Waals surface area contributed by atoms with Crippen molar-refractivity contribution in [1.29, 1.82) is 0 Å². The third-order valence-corrected chi connectivity index (χ3v) is 0. The van der Waals surface area contributed by atoms with E-state index in [0.29, 0.717) is 0 Å². The quantitative estimate of drug-likeness (QED) is 0.616. The van der Waals surface area contributed by atoms with Gasteiger partial charge in [-0.15, -0.1) is 34.0 Å². The van der Waals surface area contributed by atoms with Gasteiger partial charge in [0.25, 0.3) is 0 Å². The maximum atomic E-state index is 10.4. The molecular weight excluding hydrogens is 241 g/mol. The summed E-state index contributed by atoms with van der Waals surface area (Å²) in [7, 11) is 0. The molecule has 0 nitrogen and oxygen atoms in total. The summed E-state index contributed by atoms with van der Waals surface area (Å²) in [6, 6.07) is 0.